The zero-order chi connectivity index (χ0) is 15.7. The zero-order valence-corrected chi connectivity index (χ0v) is 15.4. The largest absolute Gasteiger partial charge is 0.493 e. The minimum absolute atomic E-state index is 0.00392. The first kappa shape index (κ1) is 17.1. The molecule has 3 nitrogen and oxygen atoms in total. The first-order chi connectivity index (χ1) is 9.71. The molecule has 0 aromatic heterocycles. The Bertz CT molecular complexity index is 599. The van der Waals surface area contributed by atoms with E-state index in [0.29, 0.717) is 6.61 Å². The molecule has 2 rings (SSSR count). The quantitative estimate of drug-likeness (QED) is 0.686. The van der Waals surface area contributed by atoms with Gasteiger partial charge in [0, 0.05) is 20.6 Å². The molecule has 1 saturated carbocycles. The third kappa shape index (κ3) is 4.60. The highest BCUT2D eigenvalue weighted by atomic mass is 79.9. The first-order valence-electron chi connectivity index (χ1n) is 7.03. The second-order valence-corrected chi connectivity index (χ2v) is 9.62. The molecule has 0 radical (unpaired) electrons. The lowest BCUT2D eigenvalue weighted by Crippen LogP contribution is -2.32. The molecule has 1 aliphatic rings. The number of rotatable bonds is 5. The Morgan fingerprint density at radius 2 is 1.76 bits per heavy atom. The van der Waals surface area contributed by atoms with Gasteiger partial charge in [-0.25, -0.2) is 8.42 Å². The number of hydrogen-bond acceptors (Lipinski definition) is 3. The van der Waals surface area contributed by atoms with Crippen LogP contribution in [-0.2, 0) is 9.05 Å². The van der Waals surface area contributed by atoms with E-state index in [9.17, 15) is 8.42 Å². The van der Waals surface area contributed by atoms with Gasteiger partial charge in [-0.2, -0.15) is 0 Å². The van der Waals surface area contributed by atoms with Crippen LogP contribution in [0.4, 0.5) is 0 Å². The van der Waals surface area contributed by atoms with Crippen LogP contribution >= 0.6 is 26.6 Å². The van der Waals surface area contributed by atoms with E-state index in [2.05, 4.69) is 15.9 Å². The summed E-state index contributed by atoms with van der Waals surface area (Å²) in [6.45, 7) is 4.43. The topological polar surface area (TPSA) is 43.4 Å². The average molecular weight is 396 g/mol. The molecule has 1 aliphatic carbocycles. The lowest BCUT2D eigenvalue weighted by Gasteiger charge is -2.27. The maximum Gasteiger partial charge on any atom is 0.233 e. The average Bonchev–Trinajstić information content (AvgIpc) is 2.80. The summed E-state index contributed by atoms with van der Waals surface area (Å²) >= 11 is 3.53. The van der Waals surface area contributed by atoms with Crippen LogP contribution in [0.2, 0.25) is 0 Å². The summed E-state index contributed by atoms with van der Waals surface area (Å²) in [6, 6.07) is 3.93. The summed E-state index contributed by atoms with van der Waals surface area (Å²) in [5.41, 5.74) is 1.88. The van der Waals surface area contributed by atoms with E-state index in [1.54, 1.807) is 0 Å². The van der Waals surface area contributed by atoms with Crippen LogP contribution < -0.4 is 4.74 Å². The fourth-order valence-corrected chi connectivity index (χ4v) is 5.07. The second-order valence-electron chi connectivity index (χ2n) is 6.05. The fourth-order valence-electron chi connectivity index (χ4n) is 3.05. The van der Waals surface area contributed by atoms with Crippen molar-refractivity contribution < 1.29 is 13.2 Å². The van der Waals surface area contributed by atoms with Gasteiger partial charge < -0.3 is 4.74 Å². The summed E-state index contributed by atoms with van der Waals surface area (Å²) in [6.07, 6.45) is 3.78. The van der Waals surface area contributed by atoms with E-state index < -0.39 is 9.05 Å². The number of hydrogen-bond donors (Lipinski definition) is 0. The molecule has 1 aromatic rings. The highest BCUT2D eigenvalue weighted by molar-refractivity contribution is 9.10. The van der Waals surface area contributed by atoms with Gasteiger partial charge in [0.15, 0.2) is 0 Å². The zero-order valence-electron chi connectivity index (χ0n) is 12.3. The molecule has 6 heteroatoms. The maximum atomic E-state index is 11.5. The van der Waals surface area contributed by atoms with Crippen LogP contribution in [0.15, 0.2) is 16.6 Å². The summed E-state index contributed by atoms with van der Waals surface area (Å²) < 4.78 is 29.9. The van der Waals surface area contributed by atoms with Crippen molar-refractivity contribution in [2.45, 2.75) is 39.5 Å². The predicted octanol–water partition coefficient (Wildman–Crippen LogP) is 4.57. The Morgan fingerprint density at radius 3 is 2.24 bits per heavy atom. The molecule has 0 atom stereocenters. The Hall–Kier alpha value is -0.260. The van der Waals surface area contributed by atoms with Crippen molar-refractivity contribution >= 4 is 35.7 Å². The van der Waals surface area contributed by atoms with E-state index in [1.807, 2.05) is 26.0 Å². The summed E-state index contributed by atoms with van der Waals surface area (Å²) in [4.78, 5) is 0. The molecule has 118 valence electrons. The molecule has 21 heavy (non-hydrogen) atoms. The molecule has 0 heterocycles. The van der Waals surface area contributed by atoms with Gasteiger partial charge in [-0.15, -0.1) is 0 Å². The summed E-state index contributed by atoms with van der Waals surface area (Å²) in [7, 11) is 1.96. The fraction of sp³-hybridized carbons (Fsp3) is 0.600. The highest BCUT2D eigenvalue weighted by Crippen LogP contribution is 2.40. The number of aryl methyl sites for hydroxylation is 2. The van der Waals surface area contributed by atoms with Gasteiger partial charge in [0.05, 0.1) is 12.4 Å². The minimum Gasteiger partial charge on any atom is -0.493 e. The molecule has 0 unspecified atom stereocenters. The van der Waals surface area contributed by atoms with E-state index in [0.717, 1.165) is 47.0 Å². The molecule has 0 aliphatic heterocycles. The van der Waals surface area contributed by atoms with Crippen molar-refractivity contribution in [3.8, 4) is 5.75 Å². The lowest BCUT2D eigenvalue weighted by atomic mass is 9.90. The van der Waals surface area contributed by atoms with Crippen molar-refractivity contribution in [3.63, 3.8) is 0 Å². The van der Waals surface area contributed by atoms with Crippen LogP contribution in [0, 0.1) is 19.3 Å². The molecule has 0 amide bonds. The van der Waals surface area contributed by atoms with Gasteiger partial charge in [0.2, 0.25) is 9.05 Å². The van der Waals surface area contributed by atoms with Gasteiger partial charge in [-0.3, -0.25) is 0 Å². The number of halogens is 2. The van der Waals surface area contributed by atoms with Gasteiger partial charge in [0.25, 0.3) is 0 Å². The summed E-state index contributed by atoms with van der Waals surface area (Å²) in [5.74, 6) is 0.780. The van der Waals surface area contributed by atoms with E-state index in [-0.39, 0.29) is 11.2 Å². The number of benzene rings is 1. The molecule has 0 bridgehead atoms. The first-order valence-corrected chi connectivity index (χ1v) is 10.3. The van der Waals surface area contributed by atoms with E-state index in [1.165, 1.54) is 0 Å². The molecule has 0 spiro atoms. The van der Waals surface area contributed by atoms with Crippen LogP contribution in [0.5, 0.6) is 5.75 Å². The van der Waals surface area contributed by atoms with Crippen LogP contribution in [-0.4, -0.2) is 20.8 Å². The minimum atomic E-state index is -3.51. The Morgan fingerprint density at radius 1 is 1.24 bits per heavy atom. The normalized spacial score (nSPS) is 17.9. The molecule has 1 aromatic carbocycles. The third-order valence-electron chi connectivity index (χ3n) is 4.10. The Balaban J connectivity index is 2.13. The Labute approximate surface area is 139 Å². The maximum absolute atomic E-state index is 11.5. The molecule has 0 saturated heterocycles. The van der Waals surface area contributed by atoms with Crippen molar-refractivity contribution in [3.05, 3.63) is 27.7 Å². The molecular weight excluding hydrogens is 376 g/mol. The lowest BCUT2D eigenvalue weighted by molar-refractivity contribution is 0.171. The molecule has 0 N–H and O–H groups in total. The SMILES string of the molecule is Cc1cc(OCC2(CS(=O)(=O)Cl)CCCC2)cc(C)c1Br. The van der Waals surface area contributed by atoms with Gasteiger partial charge >= 0.3 is 0 Å². The third-order valence-corrected chi connectivity index (χ3v) is 6.63. The Kier molecular flexibility index (Phi) is 5.27. The van der Waals surface area contributed by atoms with Crippen molar-refractivity contribution in [1.82, 2.24) is 0 Å². The standard InChI is InChI=1S/C15H20BrClO3S/c1-11-7-13(8-12(2)14(11)16)20-9-15(5-3-4-6-15)10-21(17,18)19/h7-8H,3-6,9-10H2,1-2H3. The van der Waals surface area contributed by atoms with Gasteiger partial charge in [-0.05, 0) is 49.9 Å². The van der Waals surface area contributed by atoms with Crippen LogP contribution in [0.25, 0.3) is 0 Å². The second kappa shape index (κ2) is 6.47. The van der Waals surface area contributed by atoms with Gasteiger partial charge in [0.1, 0.15) is 5.75 Å². The van der Waals surface area contributed by atoms with E-state index in [4.69, 9.17) is 15.4 Å². The number of ether oxygens (including phenoxy) is 1. The van der Waals surface area contributed by atoms with Crippen molar-refractivity contribution in [2.75, 3.05) is 12.4 Å². The van der Waals surface area contributed by atoms with Crippen LogP contribution in [0.1, 0.15) is 36.8 Å². The highest BCUT2D eigenvalue weighted by Gasteiger charge is 2.38. The van der Waals surface area contributed by atoms with E-state index >= 15 is 0 Å². The van der Waals surface area contributed by atoms with Gasteiger partial charge in [-0.1, -0.05) is 28.8 Å². The monoisotopic (exact) mass is 394 g/mol. The van der Waals surface area contributed by atoms with Crippen molar-refractivity contribution in [2.24, 2.45) is 5.41 Å². The molecular formula is C15H20BrClO3S. The van der Waals surface area contributed by atoms with Crippen LogP contribution in [0.3, 0.4) is 0 Å². The molecule has 1 fully saturated rings. The summed E-state index contributed by atoms with van der Waals surface area (Å²) in [5, 5.41) is 0. The predicted molar refractivity (Wildman–Crippen MR) is 89.7 cm³/mol. The van der Waals surface area contributed by atoms with Crippen molar-refractivity contribution in [1.29, 1.82) is 0 Å². The smallest absolute Gasteiger partial charge is 0.233 e.